The van der Waals surface area contributed by atoms with Crippen molar-refractivity contribution in [1.29, 1.82) is 0 Å². The lowest BCUT2D eigenvalue weighted by molar-refractivity contribution is 0.936. The first-order valence-electron chi connectivity index (χ1n) is 6.77. The molecule has 0 aliphatic heterocycles. The van der Waals surface area contributed by atoms with E-state index in [0.717, 1.165) is 0 Å². The molecule has 1 unspecified atom stereocenters. The summed E-state index contributed by atoms with van der Waals surface area (Å²) in [5, 5.41) is 2.70. The number of aryl methyl sites for hydroxylation is 1. The SMILES string of the molecule is Cc1cccc(C(CN)Sc2cc3ccccc3[nH]2)c1. The number of H-pyrrole nitrogens is 1. The maximum Gasteiger partial charge on any atom is 0.0738 e. The van der Waals surface area contributed by atoms with Gasteiger partial charge in [-0.15, -0.1) is 0 Å². The lowest BCUT2D eigenvalue weighted by Gasteiger charge is -2.14. The van der Waals surface area contributed by atoms with Crippen molar-refractivity contribution in [2.24, 2.45) is 5.73 Å². The number of fused-ring (bicyclic) bond motifs is 1. The van der Waals surface area contributed by atoms with Crippen LogP contribution in [0, 0.1) is 6.92 Å². The third kappa shape index (κ3) is 2.74. The molecule has 0 saturated heterocycles. The standard InChI is InChI=1S/C17H18N2S/c1-12-5-4-7-14(9-12)16(11-18)20-17-10-13-6-2-3-8-15(13)19-17/h2-10,16,19H,11,18H2,1H3. The Labute approximate surface area is 123 Å². The molecule has 0 spiro atoms. The molecule has 0 aliphatic carbocycles. The molecule has 2 nitrogen and oxygen atoms in total. The van der Waals surface area contributed by atoms with Gasteiger partial charge >= 0.3 is 0 Å². The topological polar surface area (TPSA) is 41.8 Å². The number of thioether (sulfide) groups is 1. The first kappa shape index (κ1) is 13.3. The van der Waals surface area contributed by atoms with E-state index in [1.807, 2.05) is 6.07 Å². The van der Waals surface area contributed by atoms with Crippen LogP contribution in [0.5, 0.6) is 0 Å². The van der Waals surface area contributed by atoms with Gasteiger partial charge in [0.2, 0.25) is 0 Å². The Hall–Kier alpha value is -1.71. The molecule has 3 heteroatoms. The first-order chi connectivity index (χ1) is 9.76. The quantitative estimate of drug-likeness (QED) is 0.702. The van der Waals surface area contributed by atoms with Crippen LogP contribution in [0.2, 0.25) is 0 Å². The summed E-state index contributed by atoms with van der Waals surface area (Å²) in [7, 11) is 0. The molecule has 1 atom stereocenters. The van der Waals surface area contributed by atoms with E-state index < -0.39 is 0 Å². The monoisotopic (exact) mass is 282 g/mol. The molecule has 20 heavy (non-hydrogen) atoms. The highest BCUT2D eigenvalue weighted by atomic mass is 32.2. The van der Waals surface area contributed by atoms with Gasteiger partial charge in [-0.2, -0.15) is 0 Å². The minimum atomic E-state index is 0.281. The highest BCUT2D eigenvalue weighted by molar-refractivity contribution is 7.99. The zero-order valence-corrected chi connectivity index (χ0v) is 12.3. The van der Waals surface area contributed by atoms with Gasteiger partial charge in [0.25, 0.3) is 0 Å². The van der Waals surface area contributed by atoms with Gasteiger partial charge in [0.05, 0.1) is 5.03 Å². The average Bonchev–Trinajstić information content (AvgIpc) is 2.87. The first-order valence-corrected chi connectivity index (χ1v) is 7.65. The van der Waals surface area contributed by atoms with Gasteiger partial charge in [0.1, 0.15) is 0 Å². The number of hydrogen-bond acceptors (Lipinski definition) is 2. The third-order valence-electron chi connectivity index (χ3n) is 3.40. The van der Waals surface area contributed by atoms with Crippen LogP contribution in [0.4, 0.5) is 0 Å². The lowest BCUT2D eigenvalue weighted by atomic mass is 10.1. The normalized spacial score (nSPS) is 12.7. The van der Waals surface area contributed by atoms with Crippen LogP contribution in [0.3, 0.4) is 0 Å². The van der Waals surface area contributed by atoms with Gasteiger partial charge in [-0.25, -0.2) is 0 Å². The molecule has 0 aliphatic rings. The zero-order chi connectivity index (χ0) is 13.9. The van der Waals surface area contributed by atoms with Crippen LogP contribution in [-0.2, 0) is 0 Å². The second-order valence-electron chi connectivity index (χ2n) is 4.98. The molecular weight excluding hydrogens is 264 g/mol. The lowest BCUT2D eigenvalue weighted by Crippen LogP contribution is -2.09. The van der Waals surface area contributed by atoms with Gasteiger partial charge in [0.15, 0.2) is 0 Å². The summed E-state index contributed by atoms with van der Waals surface area (Å²) in [6, 6.07) is 19.1. The minimum Gasteiger partial charge on any atom is -0.350 e. The Kier molecular flexibility index (Phi) is 3.81. The van der Waals surface area contributed by atoms with E-state index in [9.17, 15) is 0 Å². The summed E-state index contributed by atoms with van der Waals surface area (Å²) < 4.78 is 0. The molecular formula is C17H18N2S. The molecule has 0 saturated carbocycles. The zero-order valence-electron chi connectivity index (χ0n) is 11.5. The maximum atomic E-state index is 5.96. The number of rotatable bonds is 4. The van der Waals surface area contributed by atoms with Crippen molar-refractivity contribution in [3.63, 3.8) is 0 Å². The second-order valence-corrected chi connectivity index (χ2v) is 6.22. The molecule has 102 valence electrons. The molecule has 2 aromatic carbocycles. The number of aromatic nitrogens is 1. The molecule has 1 heterocycles. The molecule has 3 N–H and O–H groups in total. The van der Waals surface area contributed by atoms with Crippen molar-refractivity contribution in [1.82, 2.24) is 4.98 Å². The average molecular weight is 282 g/mol. The van der Waals surface area contributed by atoms with E-state index in [-0.39, 0.29) is 5.25 Å². The third-order valence-corrected chi connectivity index (χ3v) is 4.63. The van der Waals surface area contributed by atoms with Crippen molar-refractivity contribution in [3.8, 4) is 0 Å². The van der Waals surface area contributed by atoms with Crippen molar-refractivity contribution in [2.75, 3.05) is 6.54 Å². The summed E-state index contributed by atoms with van der Waals surface area (Å²) >= 11 is 1.80. The Balaban J connectivity index is 1.87. The highest BCUT2D eigenvalue weighted by Gasteiger charge is 2.13. The van der Waals surface area contributed by atoms with E-state index in [4.69, 9.17) is 5.73 Å². The predicted octanol–water partition coefficient (Wildman–Crippen LogP) is 4.27. The van der Waals surface area contributed by atoms with Gasteiger partial charge in [-0.05, 0) is 24.6 Å². The number of nitrogens with one attached hydrogen (secondary N) is 1. The number of hydrogen-bond donors (Lipinski definition) is 2. The fourth-order valence-electron chi connectivity index (χ4n) is 2.39. The number of nitrogens with two attached hydrogens (primary N) is 1. The van der Waals surface area contributed by atoms with Gasteiger partial charge in [0, 0.05) is 22.7 Å². The van der Waals surface area contributed by atoms with Crippen LogP contribution < -0.4 is 5.73 Å². The number of aromatic amines is 1. The Morgan fingerprint density at radius 2 is 1.95 bits per heavy atom. The van der Waals surface area contributed by atoms with Gasteiger partial charge in [-0.1, -0.05) is 59.8 Å². The van der Waals surface area contributed by atoms with Crippen molar-refractivity contribution in [3.05, 3.63) is 65.7 Å². The molecule has 3 rings (SSSR count). The number of benzene rings is 2. The van der Waals surface area contributed by atoms with Crippen molar-refractivity contribution >= 4 is 22.7 Å². The summed E-state index contributed by atoms with van der Waals surface area (Å²) in [4.78, 5) is 3.45. The molecule has 0 fully saturated rings. The van der Waals surface area contributed by atoms with Crippen LogP contribution in [0.15, 0.2) is 59.6 Å². The predicted molar refractivity (Wildman–Crippen MR) is 87.1 cm³/mol. The van der Waals surface area contributed by atoms with E-state index in [1.54, 1.807) is 11.8 Å². The van der Waals surface area contributed by atoms with Crippen LogP contribution in [-0.4, -0.2) is 11.5 Å². The smallest absolute Gasteiger partial charge is 0.0738 e. The largest absolute Gasteiger partial charge is 0.350 e. The molecule has 0 radical (unpaired) electrons. The van der Waals surface area contributed by atoms with E-state index in [2.05, 4.69) is 60.4 Å². The molecule has 3 aromatic rings. The fraction of sp³-hybridized carbons (Fsp3) is 0.176. The van der Waals surface area contributed by atoms with Crippen LogP contribution in [0.25, 0.3) is 10.9 Å². The Bertz CT molecular complexity index is 685. The van der Waals surface area contributed by atoms with Gasteiger partial charge < -0.3 is 10.7 Å². The Morgan fingerprint density at radius 3 is 2.70 bits per heavy atom. The fourth-order valence-corrected chi connectivity index (χ4v) is 3.44. The molecule has 1 aromatic heterocycles. The summed E-state index contributed by atoms with van der Waals surface area (Å²) in [6.45, 7) is 2.74. The van der Waals surface area contributed by atoms with Crippen molar-refractivity contribution < 1.29 is 0 Å². The van der Waals surface area contributed by atoms with Crippen molar-refractivity contribution in [2.45, 2.75) is 17.2 Å². The summed E-state index contributed by atoms with van der Waals surface area (Å²) in [6.07, 6.45) is 0. The molecule has 0 bridgehead atoms. The van der Waals surface area contributed by atoms with E-state index in [0.29, 0.717) is 6.54 Å². The second kappa shape index (κ2) is 5.73. The molecule has 0 amide bonds. The Morgan fingerprint density at radius 1 is 1.10 bits per heavy atom. The summed E-state index contributed by atoms with van der Waals surface area (Å²) in [5.41, 5.74) is 9.70. The van der Waals surface area contributed by atoms with Gasteiger partial charge in [-0.3, -0.25) is 0 Å². The minimum absolute atomic E-state index is 0.281. The summed E-state index contributed by atoms with van der Waals surface area (Å²) in [5.74, 6) is 0. The highest BCUT2D eigenvalue weighted by Crippen LogP contribution is 2.35. The van der Waals surface area contributed by atoms with Crippen LogP contribution >= 0.6 is 11.8 Å². The van der Waals surface area contributed by atoms with E-state index in [1.165, 1.54) is 27.1 Å². The maximum absolute atomic E-state index is 5.96. The van der Waals surface area contributed by atoms with Crippen LogP contribution in [0.1, 0.15) is 16.4 Å². The number of para-hydroxylation sites is 1. The van der Waals surface area contributed by atoms with E-state index >= 15 is 0 Å².